The van der Waals surface area contributed by atoms with E-state index in [1.807, 2.05) is 4.90 Å². The van der Waals surface area contributed by atoms with Gasteiger partial charge >= 0.3 is 0 Å². The molecule has 1 saturated heterocycles. The van der Waals surface area contributed by atoms with Gasteiger partial charge in [-0.15, -0.1) is 0 Å². The Hall–Kier alpha value is -0.550. The molecule has 1 aliphatic heterocycles. The van der Waals surface area contributed by atoms with Crippen LogP contribution >= 0.6 is 0 Å². The molecule has 2 heteroatoms. The molecule has 1 aliphatic rings. The highest BCUT2D eigenvalue weighted by molar-refractivity contribution is 4.62. The Morgan fingerprint density at radius 2 is 1.33 bits per heavy atom. The number of likely N-dealkylation sites (tertiary alicyclic amines) is 1. The Balaban J connectivity index is 0.00000191. The van der Waals surface area contributed by atoms with E-state index in [2.05, 4.69) is 13.8 Å². The lowest BCUT2D eigenvalue weighted by molar-refractivity contribution is -0.906. The van der Waals surface area contributed by atoms with Crippen LogP contribution in [0.1, 0.15) is 90.9 Å². The molecule has 0 aromatic rings. The zero-order valence-corrected chi connectivity index (χ0v) is 14.6. The highest BCUT2D eigenvalue weighted by Gasteiger charge is 2.20. The van der Waals surface area contributed by atoms with E-state index in [9.17, 15) is 0 Å². The number of quaternary nitrogens is 1. The van der Waals surface area contributed by atoms with Crippen LogP contribution in [0.15, 0.2) is 0 Å². The first-order valence-corrected chi connectivity index (χ1v) is 9.42. The first kappa shape index (κ1) is 20.5. The molecule has 1 N–H and O–H groups in total. The summed E-state index contributed by atoms with van der Waals surface area (Å²) in [6, 6.07) is 0. The Labute approximate surface area is 133 Å². The van der Waals surface area contributed by atoms with Crippen molar-refractivity contribution in [3.8, 4) is 0 Å². The van der Waals surface area contributed by atoms with Crippen LogP contribution in [-0.2, 0) is 0 Å². The molecule has 124 valence electrons. The van der Waals surface area contributed by atoms with E-state index in [0.29, 0.717) is 0 Å². The molecule has 21 heavy (non-hydrogen) atoms. The molecule has 0 aromatic carbocycles. The van der Waals surface area contributed by atoms with Crippen LogP contribution in [0.4, 0.5) is 0 Å². The molecule has 0 spiro atoms. The van der Waals surface area contributed by atoms with E-state index in [4.69, 9.17) is 11.8 Å². The fraction of sp³-hybridized carbons (Fsp3) is 0.947. The van der Waals surface area contributed by atoms with Gasteiger partial charge in [0.1, 0.15) is 0 Å². The van der Waals surface area contributed by atoms with Gasteiger partial charge in [-0.05, 0) is 31.6 Å². The van der Waals surface area contributed by atoms with E-state index < -0.39 is 0 Å². The molecule has 0 bridgehead atoms. The lowest BCUT2D eigenvalue weighted by Crippen LogP contribution is -3.13. The SMILES string of the molecule is CCCCCCCCC[NH+]1CCC(CCCC)CC1.[C-]#N. The summed E-state index contributed by atoms with van der Waals surface area (Å²) in [6.45, 7) is 13.7. The minimum Gasteiger partial charge on any atom is -0.512 e. The first-order chi connectivity index (χ1) is 10.4. The van der Waals surface area contributed by atoms with Crippen molar-refractivity contribution < 1.29 is 4.90 Å². The summed E-state index contributed by atoms with van der Waals surface area (Å²) < 4.78 is 0. The maximum atomic E-state index is 6.25. The molecule has 0 aromatic heterocycles. The minimum atomic E-state index is 1.07. The van der Waals surface area contributed by atoms with Gasteiger partial charge < -0.3 is 16.7 Å². The number of rotatable bonds is 11. The van der Waals surface area contributed by atoms with Crippen molar-refractivity contribution in [1.82, 2.24) is 0 Å². The lowest BCUT2D eigenvalue weighted by atomic mass is 9.91. The van der Waals surface area contributed by atoms with Gasteiger partial charge in [0.05, 0.1) is 19.6 Å². The Kier molecular flexibility index (Phi) is 15.4. The summed E-state index contributed by atoms with van der Waals surface area (Å²) in [5.41, 5.74) is 0. The number of nitrogens with one attached hydrogen (secondary N) is 1. The van der Waals surface area contributed by atoms with Gasteiger partial charge in [0, 0.05) is 0 Å². The maximum Gasteiger partial charge on any atom is 0.0773 e. The molecule has 2 nitrogen and oxygen atoms in total. The monoisotopic (exact) mass is 294 g/mol. The van der Waals surface area contributed by atoms with Crippen molar-refractivity contribution in [1.29, 1.82) is 5.26 Å². The Bertz CT molecular complexity index is 217. The Morgan fingerprint density at radius 3 is 1.90 bits per heavy atom. The van der Waals surface area contributed by atoms with Crippen molar-refractivity contribution in [3.63, 3.8) is 0 Å². The molecule has 1 rings (SSSR count). The van der Waals surface area contributed by atoms with Gasteiger partial charge in [0.2, 0.25) is 0 Å². The average Bonchev–Trinajstić information content (AvgIpc) is 2.55. The standard InChI is InChI=1S/C18H37N.CN/c1-3-5-7-8-9-10-11-15-19-16-13-18(14-17-19)12-6-4-2;1-2/h18H,3-17H2,1-2H3;/q;-1/p+1. The smallest absolute Gasteiger partial charge is 0.0773 e. The molecule has 0 saturated carbocycles. The van der Waals surface area contributed by atoms with Gasteiger partial charge in [-0.3, -0.25) is 0 Å². The van der Waals surface area contributed by atoms with Gasteiger partial charge in [-0.1, -0.05) is 65.2 Å². The average molecular weight is 295 g/mol. The third-order valence-electron chi connectivity index (χ3n) is 4.91. The second-order valence-corrected chi connectivity index (χ2v) is 6.71. The predicted octanol–water partition coefficient (Wildman–Crippen LogP) is 4.32. The molecule has 0 amide bonds. The van der Waals surface area contributed by atoms with E-state index in [1.54, 1.807) is 0 Å². The second-order valence-electron chi connectivity index (χ2n) is 6.71. The molecule has 0 unspecified atom stereocenters. The molecule has 0 radical (unpaired) electrons. The highest BCUT2D eigenvalue weighted by atomic mass is 15.1. The third kappa shape index (κ3) is 11.8. The zero-order chi connectivity index (χ0) is 15.8. The fourth-order valence-corrected chi connectivity index (χ4v) is 3.45. The second kappa shape index (κ2) is 15.8. The van der Waals surface area contributed by atoms with Gasteiger partial charge in [-0.2, -0.15) is 0 Å². The van der Waals surface area contributed by atoms with Crippen LogP contribution in [0.25, 0.3) is 0 Å². The largest absolute Gasteiger partial charge is 0.512 e. The molecule has 0 atom stereocenters. The topological polar surface area (TPSA) is 28.2 Å². The van der Waals surface area contributed by atoms with Gasteiger partial charge in [0.15, 0.2) is 0 Å². The van der Waals surface area contributed by atoms with Crippen molar-refractivity contribution in [2.24, 2.45) is 5.92 Å². The predicted molar refractivity (Wildman–Crippen MR) is 90.8 cm³/mol. The maximum absolute atomic E-state index is 6.25. The summed E-state index contributed by atoms with van der Waals surface area (Å²) in [7, 11) is 0. The summed E-state index contributed by atoms with van der Waals surface area (Å²) in [5.74, 6) is 1.07. The van der Waals surface area contributed by atoms with E-state index in [-0.39, 0.29) is 0 Å². The van der Waals surface area contributed by atoms with E-state index >= 15 is 0 Å². The number of nitrogens with zero attached hydrogens (tertiary/aromatic N) is 1. The normalized spacial score (nSPS) is 21.5. The number of hydrogen-bond donors (Lipinski definition) is 1. The molecule has 1 heterocycles. The minimum absolute atomic E-state index is 1.07. The summed E-state index contributed by atoms with van der Waals surface area (Å²) >= 11 is 0. The quantitative estimate of drug-likeness (QED) is 0.446. The molecular weight excluding hydrogens is 256 g/mol. The van der Waals surface area contributed by atoms with Crippen LogP contribution in [0.2, 0.25) is 0 Å². The van der Waals surface area contributed by atoms with Crippen molar-refractivity contribution in [2.45, 2.75) is 90.9 Å². The zero-order valence-electron chi connectivity index (χ0n) is 14.6. The van der Waals surface area contributed by atoms with Crippen molar-refractivity contribution >= 4 is 0 Å². The third-order valence-corrected chi connectivity index (χ3v) is 4.91. The fourth-order valence-electron chi connectivity index (χ4n) is 3.45. The van der Waals surface area contributed by atoms with Crippen LogP contribution in [-0.4, -0.2) is 19.6 Å². The molecule has 1 fully saturated rings. The van der Waals surface area contributed by atoms with E-state index in [1.165, 1.54) is 96.7 Å². The van der Waals surface area contributed by atoms with Crippen molar-refractivity contribution in [3.05, 3.63) is 6.57 Å². The summed E-state index contributed by atoms with van der Waals surface area (Å²) in [4.78, 5) is 1.90. The Morgan fingerprint density at radius 1 is 0.810 bits per heavy atom. The lowest BCUT2D eigenvalue weighted by Gasteiger charge is -2.29. The van der Waals surface area contributed by atoms with Crippen LogP contribution in [0.3, 0.4) is 0 Å². The first-order valence-electron chi connectivity index (χ1n) is 9.42. The number of hydrogen-bond acceptors (Lipinski definition) is 1. The highest BCUT2D eigenvalue weighted by Crippen LogP contribution is 2.17. The number of unbranched alkanes of at least 4 members (excludes halogenated alkanes) is 7. The summed E-state index contributed by atoms with van der Waals surface area (Å²) in [6.07, 6.45) is 17.5. The van der Waals surface area contributed by atoms with Crippen molar-refractivity contribution in [2.75, 3.05) is 19.6 Å². The summed E-state index contributed by atoms with van der Waals surface area (Å²) in [5, 5.41) is 6.25. The molecular formula is C19H38N2. The van der Waals surface area contributed by atoms with Crippen LogP contribution < -0.4 is 4.90 Å². The van der Waals surface area contributed by atoms with Gasteiger partial charge in [0.25, 0.3) is 0 Å². The van der Waals surface area contributed by atoms with Crippen LogP contribution in [0, 0.1) is 17.8 Å². The number of piperidine rings is 1. The van der Waals surface area contributed by atoms with Crippen LogP contribution in [0.5, 0.6) is 0 Å². The van der Waals surface area contributed by atoms with E-state index in [0.717, 1.165) is 5.92 Å². The van der Waals surface area contributed by atoms with Gasteiger partial charge in [-0.25, -0.2) is 0 Å². The molecule has 0 aliphatic carbocycles.